The smallest absolute Gasteiger partial charge is 0.180 e. The van der Waals surface area contributed by atoms with Crippen molar-refractivity contribution in [3.63, 3.8) is 0 Å². The van der Waals surface area contributed by atoms with Crippen molar-refractivity contribution in [2.24, 2.45) is 0 Å². The minimum atomic E-state index is 0.534. The van der Waals surface area contributed by atoms with Gasteiger partial charge in [0.25, 0.3) is 0 Å². The summed E-state index contributed by atoms with van der Waals surface area (Å²) in [5.41, 5.74) is 6.62. The van der Waals surface area contributed by atoms with Gasteiger partial charge in [-0.2, -0.15) is 0 Å². The fourth-order valence-electron chi connectivity index (χ4n) is 1.42. The Bertz CT molecular complexity index is 485. The van der Waals surface area contributed by atoms with E-state index in [1.54, 1.807) is 13.3 Å². The zero-order valence-corrected chi connectivity index (χ0v) is 10.4. The number of hydrogen-bond acceptors (Lipinski definition) is 5. The van der Waals surface area contributed by atoms with Gasteiger partial charge in [0.15, 0.2) is 5.13 Å². The van der Waals surface area contributed by atoms with Crippen LogP contribution in [0.2, 0.25) is 0 Å². The van der Waals surface area contributed by atoms with E-state index in [-0.39, 0.29) is 0 Å². The Morgan fingerprint density at radius 1 is 1.35 bits per heavy atom. The summed E-state index contributed by atoms with van der Waals surface area (Å²) in [7, 11) is 1.65. The molecule has 0 fully saturated rings. The Morgan fingerprint density at radius 2 is 2.24 bits per heavy atom. The van der Waals surface area contributed by atoms with Crippen LogP contribution in [0.4, 0.5) is 5.13 Å². The number of anilines is 1. The number of rotatable bonds is 5. The summed E-state index contributed by atoms with van der Waals surface area (Å²) in [6.07, 6.45) is 1.74. The van der Waals surface area contributed by atoms with Crippen LogP contribution in [-0.4, -0.2) is 12.1 Å². The van der Waals surface area contributed by atoms with Crippen LogP contribution in [0.5, 0.6) is 5.75 Å². The molecule has 2 N–H and O–H groups in total. The summed E-state index contributed by atoms with van der Waals surface area (Å²) >= 11 is 1.45. The second-order valence-corrected chi connectivity index (χ2v) is 4.66. The predicted molar refractivity (Wildman–Crippen MR) is 68.0 cm³/mol. The van der Waals surface area contributed by atoms with Gasteiger partial charge < -0.3 is 15.2 Å². The molecule has 0 atom stereocenters. The normalized spacial score (nSPS) is 10.4. The molecule has 0 aliphatic rings. The lowest BCUT2D eigenvalue weighted by Gasteiger charge is -2.04. The van der Waals surface area contributed by atoms with Crippen molar-refractivity contribution in [3.8, 4) is 5.75 Å². The molecule has 1 aromatic heterocycles. The zero-order valence-electron chi connectivity index (χ0n) is 9.55. The van der Waals surface area contributed by atoms with Crippen LogP contribution in [0.3, 0.4) is 0 Å². The Morgan fingerprint density at radius 3 is 2.94 bits per heavy atom. The van der Waals surface area contributed by atoms with Crippen LogP contribution in [0.1, 0.15) is 10.4 Å². The van der Waals surface area contributed by atoms with Crippen molar-refractivity contribution in [1.82, 2.24) is 4.98 Å². The molecule has 4 nitrogen and oxygen atoms in total. The molecular formula is C12H14N2O2S. The van der Waals surface area contributed by atoms with Crippen LogP contribution in [0.15, 0.2) is 30.5 Å². The second-order valence-electron chi connectivity index (χ2n) is 3.51. The van der Waals surface area contributed by atoms with Gasteiger partial charge in [0.2, 0.25) is 0 Å². The number of methoxy groups -OCH3 is 1. The molecule has 5 heteroatoms. The zero-order chi connectivity index (χ0) is 12.1. The Hall–Kier alpha value is -1.59. The first-order valence-corrected chi connectivity index (χ1v) is 6.00. The summed E-state index contributed by atoms with van der Waals surface area (Å²) in [6, 6.07) is 7.82. The monoisotopic (exact) mass is 250 g/mol. The maximum atomic E-state index is 5.58. The number of ether oxygens (including phenoxy) is 2. The van der Waals surface area contributed by atoms with Gasteiger partial charge in [0, 0.05) is 6.20 Å². The summed E-state index contributed by atoms with van der Waals surface area (Å²) in [4.78, 5) is 5.00. The second kappa shape index (κ2) is 5.65. The summed E-state index contributed by atoms with van der Waals surface area (Å²) in [5.74, 6) is 0.841. The molecule has 0 saturated carbocycles. The Labute approximate surface area is 104 Å². The van der Waals surface area contributed by atoms with Gasteiger partial charge in [0.1, 0.15) is 5.75 Å². The van der Waals surface area contributed by atoms with Crippen LogP contribution in [-0.2, 0) is 18.0 Å². The van der Waals surface area contributed by atoms with Gasteiger partial charge in [-0.25, -0.2) is 4.98 Å². The Kier molecular flexibility index (Phi) is 3.95. The third kappa shape index (κ3) is 3.44. The van der Waals surface area contributed by atoms with Gasteiger partial charge in [0.05, 0.1) is 25.2 Å². The van der Waals surface area contributed by atoms with Crippen molar-refractivity contribution in [2.75, 3.05) is 12.8 Å². The van der Waals surface area contributed by atoms with Crippen LogP contribution >= 0.6 is 11.3 Å². The molecule has 1 heterocycles. The quantitative estimate of drug-likeness (QED) is 0.885. The van der Waals surface area contributed by atoms with Gasteiger partial charge in [-0.05, 0) is 17.7 Å². The van der Waals surface area contributed by atoms with Crippen molar-refractivity contribution < 1.29 is 9.47 Å². The highest BCUT2D eigenvalue weighted by molar-refractivity contribution is 7.15. The number of nitrogens with zero attached hydrogens (tertiary/aromatic N) is 1. The molecule has 0 aliphatic heterocycles. The predicted octanol–water partition coefficient (Wildman–Crippen LogP) is 2.45. The highest BCUT2D eigenvalue weighted by atomic mass is 32.1. The molecule has 0 spiro atoms. The van der Waals surface area contributed by atoms with Crippen molar-refractivity contribution in [1.29, 1.82) is 0 Å². The van der Waals surface area contributed by atoms with Crippen LogP contribution in [0.25, 0.3) is 0 Å². The summed E-state index contributed by atoms with van der Waals surface area (Å²) in [6.45, 7) is 1.08. The largest absolute Gasteiger partial charge is 0.497 e. The van der Waals surface area contributed by atoms with Gasteiger partial charge in [-0.1, -0.05) is 23.5 Å². The molecule has 0 radical (unpaired) electrons. The fourth-order valence-corrected chi connectivity index (χ4v) is 2.04. The van der Waals surface area contributed by atoms with Crippen LogP contribution < -0.4 is 10.5 Å². The third-order valence-corrected chi connectivity index (χ3v) is 3.02. The third-order valence-electron chi connectivity index (χ3n) is 2.22. The standard InChI is InChI=1S/C12H14N2O2S/c1-15-10-4-2-3-9(5-10)7-16-8-11-6-14-12(13)17-11/h2-6H,7-8H2,1H3,(H2,13,14). The lowest BCUT2D eigenvalue weighted by atomic mass is 10.2. The number of nitrogen functional groups attached to an aromatic ring is 1. The van der Waals surface area contributed by atoms with E-state index in [0.29, 0.717) is 18.3 Å². The van der Waals surface area contributed by atoms with E-state index in [0.717, 1.165) is 16.2 Å². The fraction of sp³-hybridized carbons (Fsp3) is 0.250. The van der Waals surface area contributed by atoms with Crippen LogP contribution in [0, 0.1) is 0 Å². The van der Waals surface area contributed by atoms with E-state index in [1.165, 1.54) is 11.3 Å². The Balaban J connectivity index is 1.85. The molecule has 0 bridgehead atoms. The SMILES string of the molecule is COc1cccc(COCc2cnc(N)s2)c1. The average Bonchev–Trinajstić information content (AvgIpc) is 2.75. The number of benzene rings is 1. The van der Waals surface area contributed by atoms with Crippen molar-refractivity contribution in [2.45, 2.75) is 13.2 Å². The van der Waals surface area contributed by atoms with E-state index >= 15 is 0 Å². The van der Waals surface area contributed by atoms with Crippen molar-refractivity contribution >= 4 is 16.5 Å². The molecular weight excluding hydrogens is 236 g/mol. The first-order chi connectivity index (χ1) is 8.28. The number of thiazole rings is 1. The highest BCUT2D eigenvalue weighted by Gasteiger charge is 2.00. The van der Waals surface area contributed by atoms with E-state index in [2.05, 4.69) is 4.98 Å². The average molecular weight is 250 g/mol. The molecule has 0 amide bonds. The summed E-state index contributed by atoms with van der Waals surface area (Å²) < 4.78 is 10.7. The molecule has 17 heavy (non-hydrogen) atoms. The minimum Gasteiger partial charge on any atom is -0.497 e. The molecule has 2 rings (SSSR count). The number of nitrogens with two attached hydrogens (primary N) is 1. The lowest BCUT2D eigenvalue weighted by Crippen LogP contribution is -1.93. The molecule has 2 aromatic rings. The maximum absolute atomic E-state index is 5.58. The highest BCUT2D eigenvalue weighted by Crippen LogP contribution is 2.17. The molecule has 90 valence electrons. The van der Waals surface area contributed by atoms with E-state index < -0.39 is 0 Å². The van der Waals surface area contributed by atoms with Gasteiger partial charge >= 0.3 is 0 Å². The number of hydrogen-bond donors (Lipinski definition) is 1. The van der Waals surface area contributed by atoms with E-state index in [4.69, 9.17) is 15.2 Å². The van der Waals surface area contributed by atoms with E-state index in [9.17, 15) is 0 Å². The van der Waals surface area contributed by atoms with Gasteiger partial charge in [-0.3, -0.25) is 0 Å². The summed E-state index contributed by atoms with van der Waals surface area (Å²) in [5, 5.41) is 0.574. The topological polar surface area (TPSA) is 57.4 Å². The van der Waals surface area contributed by atoms with E-state index in [1.807, 2.05) is 24.3 Å². The molecule has 0 aliphatic carbocycles. The minimum absolute atomic E-state index is 0.534. The lowest BCUT2D eigenvalue weighted by molar-refractivity contribution is 0.109. The molecule has 1 aromatic carbocycles. The number of aromatic nitrogens is 1. The first kappa shape index (κ1) is 11.9. The maximum Gasteiger partial charge on any atom is 0.180 e. The first-order valence-electron chi connectivity index (χ1n) is 5.19. The van der Waals surface area contributed by atoms with Gasteiger partial charge in [-0.15, -0.1) is 0 Å². The molecule has 0 saturated heterocycles. The van der Waals surface area contributed by atoms with Crippen molar-refractivity contribution in [3.05, 3.63) is 40.9 Å². The molecule has 0 unspecified atom stereocenters.